The zero-order chi connectivity index (χ0) is 20.6. The number of likely N-dealkylation sites (tertiary alicyclic amines) is 1. The van der Waals surface area contributed by atoms with E-state index in [4.69, 9.17) is 4.74 Å². The molecule has 158 valence electrons. The molecule has 8 nitrogen and oxygen atoms in total. The molecule has 2 amide bonds. The molecule has 3 rings (SSSR count). The van der Waals surface area contributed by atoms with Crippen molar-refractivity contribution >= 4 is 23.6 Å². The van der Waals surface area contributed by atoms with E-state index in [1.54, 1.807) is 11.9 Å². The molecule has 0 saturated carbocycles. The predicted octanol–water partition coefficient (Wildman–Crippen LogP) is 1.75. The molecule has 1 aromatic carbocycles. The molecule has 0 spiro atoms. The predicted molar refractivity (Wildman–Crippen MR) is 113 cm³/mol. The van der Waals surface area contributed by atoms with Crippen LogP contribution in [-0.4, -0.2) is 69.2 Å². The number of nitrogens with one attached hydrogen (secondary N) is 2. The van der Waals surface area contributed by atoms with Gasteiger partial charge in [0.05, 0.1) is 7.11 Å². The lowest BCUT2D eigenvalue weighted by molar-refractivity contribution is -0.118. The van der Waals surface area contributed by atoms with Crippen LogP contribution in [0, 0.1) is 0 Å². The van der Waals surface area contributed by atoms with Crippen LogP contribution in [0.5, 0.6) is 0 Å². The molecule has 2 heterocycles. The van der Waals surface area contributed by atoms with E-state index in [1.807, 2.05) is 23.1 Å². The Balaban J connectivity index is 1.35. The number of amides is 2. The molecule has 0 bridgehead atoms. The molecule has 8 heteroatoms. The molecular formula is C21H31N5O3. The van der Waals surface area contributed by atoms with Gasteiger partial charge in [-0.05, 0) is 37.3 Å². The molecule has 2 N–H and O–H groups in total. The van der Waals surface area contributed by atoms with Crippen molar-refractivity contribution in [2.75, 3.05) is 45.2 Å². The molecule has 2 aliphatic heterocycles. The highest BCUT2D eigenvalue weighted by Crippen LogP contribution is 2.27. The summed E-state index contributed by atoms with van der Waals surface area (Å²) in [4.78, 5) is 32.0. The lowest BCUT2D eigenvalue weighted by Gasteiger charge is -2.32. The molecular weight excluding hydrogens is 370 g/mol. The minimum Gasteiger partial charge on any atom is -0.453 e. The maximum absolute atomic E-state index is 12.6. The second kappa shape index (κ2) is 10.1. The number of piperidine rings is 1. The van der Waals surface area contributed by atoms with Gasteiger partial charge >= 0.3 is 6.09 Å². The third kappa shape index (κ3) is 5.40. The largest absolute Gasteiger partial charge is 0.453 e. The van der Waals surface area contributed by atoms with Crippen molar-refractivity contribution in [1.29, 1.82) is 0 Å². The Bertz CT molecular complexity index is 744. The number of carbonyl (C=O) groups excluding carboxylic acids is 2. The first kappa shape index (κ1) is 21.0. The van der Waals surface area contributed by atoms with Gasteiger partial charge in [0.15, 0.2) is 5.96 Å². The molecule has 2 aliphatic rings. The number of hydrogen-bond donors (Lipinski definition) is 2. The van der Waals surface area contributed by atoms with Gasteiger partial charge in [-0.15, -0.1) is 0 Å². The van der Waals surface area contributed by atoms with Crippen LogP contribution in [0.15, 0.2) is 29.3 Å². The lowest BCUT2D eigenvalue weighted by atomic mass is 10.1. The van der Waals surface area contributed by atoms with Crippen LogP contribution in [0.1, 0.15) is 31.2 Å². The van der Waals surface area contributed by atoms with Crippen LogP contribution >= 0.6 is 0 Å². The Morgan fingerprint density at radius 1 is 1.21 bits per heavy atom. The minimum atomic E-state index is -0.267. The summed E-state index contributed by atoms with van der Waals surface area (Å²) in [7, 11) is 3.15. The molecule has 1 fully saturated rings. The number of methoxy groups -OCH3 is 1. The zero-order valence-corrected chi connectivity index (χ0v) is 17.3. The number of ether oxygens (including phenoxy) is 1. The van der Waals surface area contributed by atoms with E-state index in [9.17, 15) is 9.59 Å². The topological polar surface area (TPSA) is 86.3 Å². The van der Waals surface area contributed by atoms with Crippen LogP contribution < -0.4 is 15.5 Å². The summed E-state index contributed by atoms with van der Waals surface area (Å²) in [6.07, 6.45) is 3.63. The fourth-order valence-corrected chi connectivity index (χ4v) is 3.90. The molecule has 0 aliphatic carbocycles. The number of nitrogens with zero attached hydrogens (tertiary/aromatic N) is 3. The van der Waals surface area contributed by atoms with Crippen molar-refractivity contribution in [1.82, 2.24) is 15.5 Å². The quantitative estimate of drug-likeness (QED) is 0.446. The van der Waals surface area contributed by atoms with Gasteiger partial charge in [-0.3, -0.25) is 9.79 Å². The van der Waals surface area contributed by atoms with Gasteiger partial charge in [-0.25, -0.2) is 4.79 Å². The van der Waals surface area contributed by atoms with Gasteiger partial charge in [0.1, 0.15) is 0 Å². The monoisotopic (exact) mass is 401 g/mol. The third-order valence-corrected chi connectivity index (χ3v) is 5.54. The first-order valence-corrected chi connectivity index (χ1v) is 10.3. The van der Waals surface area contributed by atoms with E-state index in [0.717, 1.165) is 43.9 Å². The fraction of sp³-hybridized carbons (Fsp3) is 0.571. The summed E-state index contributed by atoms with van der Waals surface area (Å²) in [5.41, 5.74) is 2.31. The van der Waals surface area contributed by atoms with E-state index in [0.29, 0.717) is 26.1 Å². The van der Waals surface area contributed by atoms with Crippen LogP contribution in [0.2, 0.25) is 0 Å². The van der Waals surface area contributed by atoms with Crippen molar-refractivity contribution < 1.29 is 14.3 Å². The van der Waals surface area contributed by atoms with E-state index >= 15 is 0 Å². The number of aliphatic imine (C=N–C) groups is 1. The minimum absolute atomic E-state index is 0.176. The van der Waals surface area contributed by atoms with Gasteiger partial charge in [-0.2, -0.15) is 0 Å². The van der Waals surface area contributed by atoms with E-state index in [-0.39, 0.29) is 18.0 Å². The molecule has 0 unspecified atom stereocenters. The van der Waals surface area contributed by atoms with Crippen molar-refractivity contribution in [2.24, 2.45) is 4.99 Å². The summed E-state index contributed by atoms with van der Waals surface area (Å²) in [5, 5.41) is 6.69. The van der Waals surface area contributed by atoms with Gasteiger partial charge in [-0.1, -0.05) is 18.2 Å². The fourth-order valence-electron chi connectivity index (χ4n) is 3.90. The van der Waals surface area contributed by atoms with Crippen LogP contribution in [0.4, 0.5) is 10.5 Å². The maximum atomic E-state index is 12.6. The second-order valence-electron chi connectivity index (χ2n) is 7.40. The number of rotatable bonds is 5. The van der Waals surface area contributed by atoms with Crippen molar-refractivity contribution in [3.63, 3.8) is 0 Å². The number of guanidine groups is 1. The van der Waals surface area contributed by atoms with Crippen LogP contribution in [0.3, 0.4) is 0 Å². The molecule has 0 aromatic heterocycles. The van der Waals surface area contributed by atoms with Crippen molar-refractivity contribution in [2.45, 2.75) is 38.1 Å². The van der Waals surface area contributed by atoms with Gasteiger partial charge in [0.2, 0.25) is 5.91 Å². The number of para-hydroxylation sites is 1. The van der Waals surface area contributed by atoms with E-state index in [1.165, 1.54) is 12.7 Å². The zero-order valence-electron chi connectivity index (χ0n) is 17.3. The van der Waals surface area contributed by atoms with Crippen molar-refractivity contribution in [3.8, 4) is 0 Å². The highest BCUT2D eigenvalue weighted by atomic mass is 16.5. The average Bonchev–Trinajstić information content (AvgIpc) is 3.20. The van der Waals surface area contributed by atoms with E-state index < -0.39 is 0 Å². The van der Waals surface area contributed by atoms with E-state index in [2.05, 4.69) is 21.7 Å². The normalized spacial score (nSPS) is 17.1. The smallest absolute Gasteiger partial charge is 0.409 e. The molecule has 0 radical (unpaired) electrons. The number of hydrogen-bond acceptors (Lipinski definition) is 4. The Morgan fingerprint density at radius 2 is 1.97 bits per heavy atom. The second-order valence-corrected chi connectivity index (χ2v) is 7.40. The standard InChI is InChI=1S/C21H31N5O3/c1-22-20(24-17-10-13-25(14-11-17)21(28)29-2)23-12-5-8-19(27)26-15-9-16-6-3-4-7-18(16)26/h3-4,6-7,17H,5,8-15H2,1-2H3,(H2,22,23,24). The maximum Gasteiger partial charge on any atom is 0.409 e. The first-order valence-electron chi connectivity index (χ1n) is 10.3. The van der Waals surface area contributed by atoms with Gasteiger partial charge in [0, 0.05) is 51.4 Å². The third-order valence-electron chi connectivity index (χ3n) is 5.54. The lowest BCUT2D eigenvalue weighted by Crippen LogP contribution is -2.49. The van der Waals surface area contributed by atoms with Gasteiger partial charge in [0.25, 0.3) is 0 Å². The molecule has 1 aromatic rings. The van der Waals surface area contributed by atoms with Crippen LogP contribution in [0.25, 0.3) is 0 Å². The number of fused-ring (bicyclic) bond motifs is 1. The summed E-state index contributed by atoms with van der Waals surface area (Å²) < 4.78 is 4.77. The SMILES string of the molecule is CN=C(NCCCC(=O)N1CCc2ccccc21)NC1CCN(C(=O)OC)CC1. The molecule has 0 atom stereocenters. The Kier molecular flexibility index (Phi) is 7.32. The Hall–Kier alpha value is -2.77. The number of carbonyl (C=O) groups is 2. The Morgan fingerprint density at radius 3 is 2.69 bits per heavy atom. The molecule has 29 heavy (non-hydrogen) atoms. The van der Waals surface area contributed by atoms with Gasteiger partial charge < -0.3 is 25.2 Å². The summed E-state index contributed by atoms with van der Waals surface area (Å²) >= 11 is 0. The van der Waals surface area contributed by atoms with Crippen molar-refractivity contribution in [3.05, 3.63) is 29.8 Å². The highest BCUT2D eigenvalue weighted by molar-refractivity contribution is 5.95. The summed E-state index contributed by atoms with van der Waals surface area (Å²) in [6, 6.07) is 8.39. The summed E-state index contributed by atoms with van der Waals surface area (Å²) in [5.74, 6) is 0.912. The van der Waals surface area contributed by atoms with Crippen LogP contribution in [-0.2, 0) is 16.0 Å². The average molecular weight is 402 g/mol. The summed E-state index contributed by atoms with van der Waals surface area (Å²) in [6.45, 7) is 2.81. The first-order chi connectivity index (χ1) is 14.1. The Labute approximate surface area is 172 Å². The number of benzene rings is 1. The molecule has 1 saturated heterocycles. The number of anilines is 1. The highest BCUT2D eigenvalue weighted by Gasteiger charge is 2.24.